The Kier molecular flexibility index (Phi) is 7.75. The Labute approximate surface area is 257 Å². The molecule has 2 amide bonds. The molecule has 5 N–H and O–H groups in total. The Bertz CT molecular complexity index is 1980. The van der Waals surface area contributed by atoms with Crippen LogP contribution in [0, 0.1) is 3.57 Å². The zero-order chi connectivity index (χ0) is 29.8. The van der Waals surface area contributed by atoms with E-state index < -0.39 is 16.1 Å². The number of aromatic amines is 2. The highest BCUT2D eigenvalue weighted by molar-refractivity contribution is 14.1. The van der Waals surface area contributed by atoms with Crippen molar-refractivity contribution >= 4 is 55.7 Å². The fourth-order valence-corrected chi connectivity index (χ4v) is 5.88. The van der Waals surface area contributed by atoms with Crippen molar-refractivity contribution in [3.63, 3.8) is 0 Å². The lowest BCUT2D eigenvalue weighted by atomic mass is 10.0. The number of halogens is 1. The summed E-state index contributed by atoms with van der Waals surface area (Å²) in [5.41, 5.74) is 4.52. The van der Waals surface area contributed by atoms with Gasteiger partial charge in [0.05, 0.1) is 10.6 Å². The second-order valence-electron chi connectivity index (χ2n) is 9.10. The molecule has 0 unspecified atom stereocenters. The number of sulfonamides is 1. The minimum atomic E-state index is -3.88. The summed E-state index contributed by atoms with van der Waals surface area (Å²) < 4.78 is 29.7. The molecule has 43 heavy (non-hydrogen) atoms. The number of hydrogen-bond donors (Lipinski definition) is 5. The van der Waals surface area contributed by atoms with Crippen molar-refractivity contribution in [2.24, 2.45) is 0 Å². The molecule has 0 atom stereocenters. The smallest absolute Gasteiger partial charge is 0.308 e. The second-order valence-corrected chi connectivity index (χ2v) is 12.0. The number of carbonyl (C=O) groups excluding carboxylic acids is 1. The van der Waals surface area contributed by atoms with Crippen LogP contribution in [0.15, 0.2) is 95.9 Å². The SMILES string of the molecule is O=C(Nc1ccc(-c2nnn[nH]2)cc1)Nc1cccc(-c2cc(I)cc(NS(=O)(=O)c3ccc(-c4nnn[nH]4)cc3)c2)c1. The largest absolute Gasteiger partial charge is 0.323 e. The fourth-order valence-electron chi connectivity index (χ4n) is 4.17. The van der Waals surface area contributed by atoms with Gasteiger partial charge in [-0.3, -0.25) is 4.72 Å². The molecule has 16 heteroatoms. The minimum Gasteiger partial charge on any atom is -0.308 e. The van der Waals surface area contributed by atoms with Crippen molar-refractivity contribution in [3.8, 4) is 33.9 Å². The molecule has 0 radical (unpaired) electrons. The Morgan fingerprint density at radius 2 is 1.26 bits per heavy atom. The van der Waals surface area contributed by atoms with E-state index in [0.29, 0.717) is 34.3 Å². The van der Waals surface area contributed by atoms with Crippen molar-refractivity contribution in [2.45, 2.75) is 4.90 Å². The Morgan fingerprint density at radius 1 is 0.651 bits per heavy atom. The molecule has 0 saturated carbocycles. The van der Waals surface area contributed by atoms with Gasteiger partial charge in [0.1, 0.15) is 0 Å². The van der Waals surface area contributed by atoms with Crippen LogP contribution in [0.25, 0.3) is 33.9 Å². The van der Waals surface area contributed by atoms with Gasteiger partial charge in [-0.2, -0.15) is 0 Å². The number of tetrazole rings is 2. The molecule has 14 nitrogen and oxygen atoms in total. The summed E-state index contributed by atoms with van der Waals surface area (Å²) in [4.78, 5) is 12.8. The molecule has 0 aliphatic rings. The molecule has 214 valence electrons. The van der Waals surface area contributed by atoms with Crippen LogP contribution in [0.2, 0.25) is 0 Å². The van der Waals surface area contributed by atoms with Crippen LogP contribution in [0.5, 0.6) is 0 Å². The van der Waals surface area contributed by atoms with Crippen LogP contribution < -0.4 is 15.4 Å². The Hall–Kier alpha value is -5.23. The summed E-state index contributed by atoms with van der Waals surface area (Å²) in [5.74, 6) is 0.957. The summed E-state index contributed by atoms with van der Waals surface area (Å²) in [6.07, 6.45) is 0. The van der Waals surface area contributed by atoms with Gasteiger partial charge in [-0.25, -0.2) is 23.4 Å². The van der Waals surface area contributed by atoms with E-state index in [1.807, 2.05) is 12.1 Å². The van der Waals surface area contributed by atoms with Gasteiger partial charge in [-0.15, -0.1) is 10.2 Å². The third-order valence-corrected chi connectivity index (χ3v) is 8.17. The molecule has 2 aromatic heterocycles. The lowest BCUT2D eigenvalue weighted by molar-refractivity contribution is 0.262. The van der Waals surface area contributed by atoms with Crippen molar-refractivity contribution in [2.75, 3.05) is 15.4 Å². The van der Waals surface area contributed by atoms with Gasteiger partial charge in [-0.05, 0) is 133 Å². The fraction of sp³-hybridized carbons (Fsp3) is 0. The summed E-state index contributed by atoms with van der Waals surface area (Å²) in [6, 6.07) is 25.5. The van der Waals surface area contributed by atoms with Gasteiger partial charge in [0, 0.05) is 26.1 Å². The quantitative estimate of drug-likeness (QED) is 0.139. The van der Waals surface area contributed by atoms with Crippen molar-refractivity contribution in [1.82, 2.24) is 41.2 Å². The third-order valence-electron chi connectivity index (χ3n) is 6.15. The molecule has 4 aromatic carbocycles. The van der Waals surface area contributed by atoms with Crippen LogP contribution in [0.4, 0.5) is 21.9 Å². The van der Waals surface area contributed by atoms with Crippen LogP contribution >= 0.6 is 22.6 Å². The molecule has 0 fully saturated rings. The Morgan fingerprint density at radius 3 is 1.88 bits per heavy atom. The molecule has 0 aliphatic heterocycles. The van der Waals surface area contributed by atoms with E-state index in [0.717, 1.165) is 20.3 Å². The number of carbonyl (C=O) groups is 1. The van der Waals surface area contributed by atoms with Crippen molar-refractivity contribution in [3.05, 3.63) is 94.6 Å². The number of benzene rings is 4. The Balaban J connectivity index is 1.15. The standard InChI is InChI=1S/C27H20IN11O3S/c28-20-12-19(14-23(15-20)35-43(41,42)24-10-6-17(7-11-24)26-33-38-39-34-26)18-2-1-3-22(13-18)30-27(40)29-21-8-4-16(5-9-21)25-31-36-37-32-25/h1-15,35H,(H2,29,30,40)(H,31,32,36,37)(H,33,34,38,39). The first kappa shape index (κ1) is 27.9. The number of nitrogens with one attached hydrogen (secondary N) is 5. The number of rotatable bonds is 8. The van der Waals surface area contributed by atoms with Crippen LogP contribution in [-0.2, 0) is 10.0 Å². The summed E-state index contributed by atoms with van der Waals surface area (Å²) in [7, 11) is -3.88. The highest BCUT2D eigenvalue weighted by atomic mass is 127. The number of amides is 2. The zero-order valence-electron chi connectivity index (χ0n) is 21.9. The molecular weight excluding hydrogens is 685 g/mol. The lowest BCUT2D eigenvalue weighted by Gasteiger charge is -2.12. The number of urea groups is 1. The lowest BCUT2D eigenvalue weighted by Crippen LogP contribution is -2.19. The predicted octanol–water partition coefficient (Wildman–Crippen LogP) is 4.76. The molecule has 0 saturated heterocycles. The molecule has 6 aromatic rings. The number of H-pyrrole nitrogens is 2. The van der Waals surface area contributed by atoms with E-state index in [2.05, 4.69) is 79.2 Å². The number of nitrogens with zero attached hydrogens (tertiary/aromatic N) is 6. The van der Waals surface area contributed by atoms with E-state index >= 15 is 0 Å². The maximum absolute atomic E-state index is 13.1. The predicted molar refractivity (Wildman–Crippen MR) is 167 cm³/mol. The molecule has 0 spiro atoms. The molecule has 0 bridgehead atoms. The molecule has 2 heterocycles. The van der Waals surface area contributed by atoms with Gasteiger partial charge in [0.2, 0.25) is 0 Å². The van der Waals surface area contributed by atoms with Crippen molar-refractivity contribution < 1.29 is 13.2 Å². The average Bonchev–Trinajstić information content (AvgIpc) is 3.73. The topological polar surface area (TPSA) is 196 Å². The van der Waals surface area contributed by atoms with Crippen LogP contribution in [0.3, 0.4) is 0 Å². The van der Waals surface area contributed by atoms with Crippen LogP contribution in [-0.4, -0.2) is 55.7 Å². The first-order valence-electron chi connectivity index (χ1n) is 12.5. The highest BCUT2D eigenvalue weighted by Gasteiger charge is 2.16. The summed E-state index contributed by atoms with van der Waals surface area (Å²) in [6.45, 7) is 0. The second kappa shape index (κ2) is 11.9. The maximum atomic E-state index is 13.1. The van der Waals surface area contributed by atoms with Crippen molar-refractivity contribution in [1.29, 1.82) is 0 Å². The zero-order valence-corrected chi connectivity index (χ0v) is 24.8. The minimum absolute atomic E-state index is 0.0889. The van der Waals surface area contributed by atoms with Gasteiger partial charge in [0.25, 0.3) is 10.0 Å². The van der Waals surface area contributed by atoms with Gasteiger partial charge in [0.15, 0.2) is 11.6 Å². The monoisotopic (exact) mass is 705 g/mol. The molecule has 6 rings (SSSR count). The van der Waals surface area contributed by atoms with Gasteiger partial charge < -0.3 is 10.6 Å². The highest BCUT2D eigenvalue weighted by Crippen LogP contribution is 2.29. The molecule has 0 aliphatic carbocycles. The van der Waals surface area contributed by atoms with Gasteiger partial charge in [-0.1, -0.05) is 12.1 Å². The van der Waals surface area contributed by atoms with Crippen LogP contribution in [0.1, 0.15) is 0 Å². The number of hydrogen-bond acceptors (Lipinski definition) is 9. The average molecular weight is 706 g/mol. The van der Waals surface area contributed by atoms with E-state index in [1.54, 1.807) is 66.7 Å². The molecular formula is C27H20IN11O3S. The first-order valence-corrected chi connectivity index (χ1v) is 15.1. The first-order chi connectivity index (χ1) is 20.8. The van der Waals surface area contributed by atoms with E-state index in [-0.39, 0.29) is 4.90 Å². The summed E-state index contributed by atoms with van der Waals surface area (Å²) >= 11 is 2.13. The number of aromatic nitrogens is 8. The summed E-state index contributed by atoms with van der Waals surface area (Å²) in [5, 5.41) is 32.8. The maximum Gasteiger partial charge on any atom is 0.323 e. The normalized spacial score (nSPS) is 11.2. The number of anilines is 3. The third kappa shape index (κ3) is 6.65. The van der Waals surface area contributed by atoms with E-state index in [4.69, 9.17) is 0 Å². The van der Waals surface area contributed by atoms with E-state index in [1.165, 1.54) is 12.1 Å². The van der Waals surface area contributed by atoms with E-state index in [9.17, 15) is 13.2 Å². The van der Waals surface area contributed by atoms with Gasteiger partial charge >= 0.3 is 6.03 Å².